The summed E-state index contributed by atoms with van der Waals surface area (Å²) in [5.74, 6) is 2.07. The minimum absolute atomic E-state index is 0.141. The Hall–Kier alpha value is -3.93. The summed E-state index contributed by atoms with van der Waals surface area (Å²) in [6.07, 6.45) is 0. The molecular weight excluding hydrogens is 404 g/mol. The third-order valence-corrected chi connectivity index (χ3v) is 4.27. The highest BCUT2D eigenvalue weighted by Crippen LogP contribution is 2.18. The first-order chi connectivity index (χ1) is 15.6. The van der Waals surface area contributed by atoms with Gasteiger partial charge in [0.25, 0.3) is 0 Å². The number of hydrogen-bond donors (Lipinski definition) is 2. The van der Waals surface area contributed by atoms with Crippen molar-refractivity contribution in [3.05, 3.63) is 91.0 Å². The number of anilines is 2. The Morgan fingerprint density at radius 3 is 2.16 bits per heavy atom. The monoisotopic (exact) mass is 432 g/mol. The van der Waals surface area contributed by atoms with Gasteiger partial charge in [-0.1, -0.05) is 30.8 Å². The Labute approximate surface area is 188 Å². The molecule has 0 saturated carbocycles. The lowest BCUT2D eigenvalue weighted by Gasteiger charge is -2.11. The van der Waals surface area contributed by atoms with E-state index in [1.165, 1.54) is 0 Å². The standard InChI is InChI=1S/C26H28N2O4/c1-20(2)19-32-24-13-11-21(12-14-24)27-18-26(29)28-22-7-6-10-25(17-22)31-16-15-30-23-8-4-3-5-9-23/h3-14,17,27H,1,15-16,18-19H2,2H3,(H,28,29). The maximum atomic E-state index is 12.3. The summed E-state index contributed by atoms with van der Waals surface area (Å²) in [5.41, 5.74) is 2.46. The molecule has 0 bridgehead atoms. The van der Waals surface area contributed by atoms with Crippen LogP contribution in [0, 0.1) is 0 Å². The Morgan fingerprint density at radius 2 is 1.44 bits per heavy atom. The van der Waals surface area contributed by atoms with E-state index in [9.17, 15) is 4.79 Å². The van der Waals surface area contributed by atoms with E-state index in [-0.39, 0.29) is 12.5 Å². The fourth-order valence-corrected chi connectivity index (χ4v) is 2.76. The molecule has 3 rings (SSSR count). The second-order valence-corrected chi connectivity index (χ2v) is 7.21. The third kappa shape index (κ3) is 8.07. The van der Waals surface area contributed by atoms with Crippen molar-refractivity contribution in [3.8, 4) is 17.2 Å². The van der Waals surface area contributed by atoms with E-state index >= 15 is 0 Å². The highest BCUT2D eigenvalue weighted by Gasteiger charge is 2.04. The topological polar surface area (TPSA) is 68.8 Å². The quantitative estimate of drug-likeness (QED) is 0.306. The lowest BCUT2D eigenvalue weighted by Crippen LogP contribution is -2.21. The van der Waals surface area contributed by atoms with Crippen molar-refractivity contribution in [1.29, 1.82) is 0 Å². The van der Waals surface area contributed by atoms with Gasteiger partial charge in [0.2, 0.25) is 5.91 Å². The zero-order valence-corrected chi connectivity index (χ0v) is 18.2. The predicted molar refractivity (Wildman–Crippen MR) is 128 cm³/mol. The van der Waals surface area contributed by atoms with E-state index in [1.807, 2.05) is 79.7 Å². The van der Waals surface area contributed by atoms with E-state index < -0.39 is 0 Å². The first-order valence-corrected chi connectivity index (χ1v) is 10.4. The molecule has 1 amide bonds. The molecule has 0 aliphatic carbocycles. The Morgan fingerprint density at radius 1 is 0.781 bits per heavy atom. The molecule has 0 aliphatic rings. The van der Waals surface area contributed by atoms with Gasteiger partial charge in [-0.2, -0.15) is 0 Å². The van der Waals surface area contributed by atoms with Gasteiger partial charge in [-0.3, -0.25) is 4.79 Å². The lowest BCUT2D eigenvalue weighted by atomic mass is 10.3. The number of ether oxygens (including phenoxy) is 3. The van der Waals surface area contributed by atoms with Crippen molar-refractivity contribution >= 4 is 17.3 Å². The van der Waals surface area contributed by atoms with Crippen LogP contribution in [-0.2, 0) is 4.79 Å². The van der Waals surface area contributed by atoms with Gasteiger partial charge >= 0.3 is 0 Å². The highest BCUT2D eigenvalue weighted by molar-refractivity contribution is 5.93. The Bertz CT molecular complexity index is 1000. The maximum Gasteiger partial charge on any atom is 0.243 e. The molecule has 6 heteroatoms. The van der Waals surface area contributed by atoms with Crippen LogP contribution in [0.5, 0.6) is 17.2 Å². The largest absolute Gasteiger partial charge is 0.490 e. The fraction of sp³-hybridized carbons (Fsp3) is 0.192. The molecule has 0 unspecified atom stereocenters. The number of para-hydroxylation sites is 1. The molecule has 0 saturated heterocycles. The third-order valence-electron chi connectivity index (χ3n) is 4.27. The zero-order chi connectivity index (χ0) is 22.6. The van der Waals surface area contributed by atoms with E-state index in [0.717, 1.165) is 22.8 Å². The first kappa shape index (κ1) is 22.7. The maximum absolute atomic E-state index is 12.3. The molecule has 0 aromatic heterocycles. The molecule has 0 radical (unpaired) electrons. The number of benzene rings is 3. The molecule has 32 heavy (non-hydrogen) atoms. The fourth-order valence-electron chi connectivity index (χ4n) is 2.76. The van der Waals surface area contributed by atoms with Crippen molar-refractivity contribution in [1.82, 2.24) is 0 Å². The van der Waals surface area contributed by atoms with Gasteiger partial charge in [-0.25, -0.2) is 0 Å². The molecule has 166 valence electrons. The molecule has 0 aliphatic heterocycles. The second kappa shape index (κ2) is 12.1. The molecule has 0 fully saturated rings. The summed E-state index contributed by atoms with van der Waals surface area (Å²) < 4.78 is 16.9. The van der Waals surface area contributed by atoms with Crippen molar-refractivity contribution in [2.24, 2.45) is 0 Å². The summed E-state index contributed by atoms with van der Waals surface area (Å²) in [4.78, 5) is 12.3. The van der Waals surface area contributed by atoms with Crippen molar-refractivity contribution < 1.29 is 19.0 Å². The van der Waals surface area contributed by atoms with Crippen LogP contribution in [0.4, 0.5) is 11.4 Å². The SMILES string of the molecule is C=C(C)COc1ccc(NCC(=O)Nc2cccc(OCCOc3ccccc3)c2)cc1. The minimum Gasteiger partial charge on any atom is -0.490 e. The van der Waals surface area contributed by atoms with E-state index in [2.05, 4.69) is 17.2 Å². The number of amides is 1. The van der Waals surface area contributed by atoms with Crippen LogP contribution in [0.2, 0.25) is 0 Å². The molecular formula is C26H28N2O4. The number of rotatable bonds is 12. The van der Waals surface area contributed by atoms with Gasteiger partial charge < -0.3 is 24.8 Å². The van der Waals surface area contributed by atoms with E-state index in [4.69, 9.17) is 14.2 Å². The van der Waals surface area contributed by atoms with Crippen molar-refractivity contribution in [2.45, 2.75) is 6.92 Å². The van der Waals surface area contributed by atoms with Crippen LogP contribution in [0.3, 0.4) is 0 Å². The zero-order valence-electron chi connectivity index (χ0n) is 18.2. The van der Waals surface area contributed by atoms with E-state index in [0.29, 0.717) is 31.3 Å². The summed E-state index contributed by atoms with van der Waals surface area (Å²) in [6.45, 7) is 7.18. The number of nitrogens with one attached hydrogen (secondary N) is 2. The molecule has 0 atom stereocenters. The number of carbonyl (C=O) groups is 1. The van der Waals surface area contributed by atoms with Crippen LogP contribution in [0.25, 0.3) is 0 Å². The summed E-state index contributed by atoms with van der Waals surface area (Å²) in [6, 6.07) is 24.3. The lowest BCUT2D eigenvalue weighted by molar-refractivity contribution is -0.114. The van der Waals surface area contributed by atoms with Crippen LogP contribution >= 0.6 is 0 Å². The Balaban J connectivity index is 1.39. The number of hydrogen-bond acceptors (Lipinski definition) is 5. The average molecular weight is 433 g/mol. The predicted octanol–water partition coefficient (Wildman–Crippen LogP) is 5.15. The second-order valence-electron chi connectivity index (χ2n) is 7.21. The molecule has 2 N–H and O–H groups in total. The first-order valence-electron chi connectivity index (χ1n) is 10.4. The van der Waals surface area contributed by atoms with Gasteiger partial charge in [0, 0.05) is 17.4 Å². The van der Waals surface area contributed by atoms with Crippen LogP contribution in [0.1, 0.15) is 6.92 Å². The van der Waals surface area contributed by atoms with Gasteiger partial charge in [0.1, 0.15) is 37.1 Å². The normalized spacial score (nSPS) is 10.2. The Kier molecular flexibility index (Phi) is 8.57. The molecule has 3 aromatic carbocycles. The smallest absolute Gasteiger partial charge is 0.243 e. The van der Waals surface area contributed by atoms with Crippen LogP contribution < -0.4 is 24.8 Å². The summed E-state index contributed by atoms with van der Waals surface area (Å²) >= 11 is 0. The van der Waals surface area contributed by atoms with Crippen molar-refractivity contribution in [3.63, 3.8) is 0 Å². The van der Waals surface area contributed by atoms with E-state index in [1.54, 1.807) is 6.07 Å². The van der Waals surface area contributed by atoms with Crippen molar-refractivity contribution in [2.75, 3.05) is 37.0 Å². The highest BCUT2D eigenvalue weighted by atomic mass is 16.5. The van der Waals surface area contributed by atoms with Gasteiger partial charge in [0.15, 0.2) is 0 Å². The number of carbonyl (C=O) groups excluding carboxylic acids is 1. The summed E-state index contributed by atoms with van der Waals surface area (Å²) in [5, 5.41) is 5.96. The average Bonchev–Trinajstić information content (AvgIpc) is 2.81. The summed E-state index contributed by atoms with van der Waals surface area (Å²) in [7, 11) is 0. The molecule has 3 aromatic rings. The molecule has 6 nitrogen and oxygen atoms in total. The van der Waals surface area contributed by atoms with Gasteiger partial charge in [-0.05, 0) is 61.0 Å². The minimum atomic E-state index is -0.155. The molecule has 0 heterocycles. The van der Waals surface area contributed by atoms with Crippen LogP contribution in [-0.4, -0.2) is 32.3 Å². The molecule has 0 spiro atoms. The van der Waals surface area contributed by atoms with Crippen LogP contribution in [0.15, 0.2) is 91.0 Å². The van der Waals surface area contributed by atoms with Gasteiger partial charge in [-0.15, -0.1) is 0 Å². The van der Waals surface area contributed by atoms with Gasteiger partial charge in [0.05, 0.1) is 6.54 Å².